The van der Waals surface area contributed by atoms with Crippen LogP contribution in [0.4, 0.5) is 17.6 Å². The first-order valence-electron chi connectivity index (χ1n) is 9.07. The number of rotatable bonds is 1. The summed E-state index contributed by atoms with van der Waals surface area (Å²) in [5.74, 6) is -6.35. The molecule has 5 heteroatoms. The van der Waals surface area contributed by atoms with Gasteiger partial charge < -0.3 is 4.40 Å². The Morgan fingerprint density at radius 1 is 0.517 bits per heavy atom. The van der Waals surface area contributed by atoms with Crippen LogP contribution in [0.15, 0.2) is 66.7 Å². The van der Waals surface area contributed by atoms with Crippen LogP contribution < -0.4 is 0 Å². The third-order valence-electron chi connectivity index (χ3n) is 5.63. The average Bonchev–Trinajstić information content (AvgIpc) is 3.28. The molecule has 0 amide bonds. The molecule has 6 aromatic rings. The molecular weight excluding hydrogens is 378 g/mol. The van der Waals surface area contributed by atoms with E-state index in [4.69, 9.17) is 0 Å². The second-order valence-electron chi connectivity index (χ2n) is 7.11. The van der Waals surface area contributed by atoms with Crippen molar-refractivity contribution in [1.29, 1.82) is 0 Å². The molecule has 0 spiro atoms. The lowest BCUT2D eigenvalue weighted by atomic mass is 10.0. The van der Waals surface area contributed by atoms with Gasteiger partial charge in [0.15, 0.2) is 23.3 Å². The first-order valence-corrected chi connectivity index (χ1v) is 9.07. The maximum absolute atomic E-state index is 14.8. The summed E-state index contributed by atoms with van der Waals surface area (Å²) < 4.78 is 58.8. The Morgan fingerprint density at radius 2 is 1.24 bits per heavy atom. The quantitative estimate of drug-likeness (QED) is 0.161. The van der Waals surface area contributed by atoms with Crippen LogP contribution in [0, 0.1) is 23.3 Å². The standard InChI is InChI=1S/C24H11F4N/c25-19-18-15-8-4-7-14-16-11-13(12-5-2-1-3-6-12)9-10-17(16)29(23(14)15)24(18)22(28)21(27)20(19)26/h1-11H. The molecule has 0 radical (unpaired) electrons. The largest absolute Gasteiger partial charge is 0.305 e. The van der Waals surface area contributed by atoms with Gasteiger partial charge in [-0.1, -0.05) is 54.6 Å². The van der Waals surface area contributed by atoms with Crippen LogP contribution in [0.5, 0.6) is 0 Å². The van der Waals surface area contributed by atoms with Gasteiger partial charge in [-0.25, -0.2) is 17.6 Å². The fourth-order valence-electron chi connectivity index (χ4n) is 4.39. The van der Waals surface area contributed by atoms with Crippen LogP contribution in [0.2, 0.25) is 0 Å². The van der Waals surface area contributed by atoms with Crippen LogP contribution in [-0.2, 0) is 0 Å². The van der Waals surface area contributed by atoms with E-state index >= 15 is 0 Å². The highest BCUT2D eigenvalue weighted by atomic mass is 19.2. The summed E-state index contributed by atoms with van der Waals surface area (Å²) in [6, 6.07) is 20.6. The van der Waals surface area contributed by atoms with E-state index in [1.165, 1.54) is 4.40 Å². The summed E-state index contributed by atoms with van der Waals surface area (Å²) in [5, 5.41) is 1.71. The van der Waals surface area contributed by atoms with Gasteiger partial charge in [-0.15, -0.1) is 0 Å². The zero-order chi connectivity index (χ0) is 19.9. The Balaban J connectivity index is 1.85. The third kappa shape index (κ3) is 1.94. The molecule has 0 aliphatic rings. The van der Waals surface area contributed by atoms with E-state index in [1.54, 1.807) is 18.2 Å². The molecule has 0 saturated heterocycles. The first kappa shape index (κ1) is 16.4. The minimum Gasteiger partial charge on any atom is -0.305 e. The van der Waals surface area contributed by atoms with Gasteiger partial charge >= 0.3 is 0 Å². The van der Waals surface area contributed by atoms with E-state index in [-0.39, 0.29) is 10.9 Å². The molecule has 4 aromatic carbocycles. The molecule has 0 bridgehead atoms. The van der Waals surface area contributed by atoms with Gasteiger partial charge in [0.05, 0.1) is 16.6 Å². The van der Waals surface area contributed by atoms with Gasteiger partial charge in [0.2, 0.25) is 0 Å². The van der Waals surface area contributed by atoms with Gasteiger partial charge in [0.25, 0.3) is 0 Å². The number of halogens is 4. The Hall–Kier alpha value is -3.60. The van der Waals surface area contributed by atoms with E-state index in [2.05, 4.69) is 0 Å². The number of hydrogen-bond donors (Lipinski definition) is 0. The lowest BCUT2D eigenvalue weighted by molar-refractivity contribution is 0.417. The maximum Gasteiger partial charge on any atom is 0.199 e. The molecule has 0 atom stereocenters. The summed E-state index contributed by atoms with van der Waals surface area (Å²) in [6.07, 6.45) is 0. The Bertz CT molecular complexity index is 1580. The topological polar surface area (TPSA) is 4.41 Å². The molecule has 0 saturated carbocycles. The minimum absolute atomic E-state index is 0.240. The van der Waals surface area contributed by atoms with E-state index in [0.717, 1.165) is 21.9 Å². The highest BCUT2D eigenvalue weighted by molar-refractivity contribution is 6.23. The van der Waals surface area contributed by atoms with Gasteiger partial charge in [-0.2, -0.15) is 0 Å². The average molecular weight is 389 g/mol. The van der Waals surface area contributed by atoms with Gasteiger partial charge in [0, 0.05) is 21.5 Å². The lowest BCUT2D eigenvalue weighted by Crippen LogP contribution is -1.98. The van der Waals surface area contributed by atoms with Crippen LogP contribution >= 0.6 is 0 Å². The van der Waals surface area contributed by atoms with Crippen LogP contribution in [-0.4, -0.2) is 4.40 Å². The van der Waals surface area contributed by atoms with Crippen molar-refractivity contribution in [3.63, 3.8) is 0 Å². The second-order valence-corrected chi connectivity index (χ2v) is 7.11. The number of para-hydroxylation sites is 1. The van der Waals surface area contributed by atoms with Crippen molar-refractivity contribution < 1.29 is 17.6 Å². The van der Waals surface area contributed by atoms with E-state index in [1.807, 2.05) is 48.5 Å². The molecule has 2 aromatic heterocycles. The SMILES string of the molecule is Fc1c(F)c(F)c2c(c1F)c1cccc3c4cc(-c5ccccc5)ccc4n2c31. The fraction of sp³-hybridized carbons (Fsp3) is 0. The Morgan fingerprint density at radius 3 is 2.03 bits per heavy atom. The monoisotopic (exact) mass is 389 g/mol. The van der Waals surface area contributed by atoms with E-state index in [0.29, 0.717) is 16.4 Å². The molecule has 0 aliphatic carbocycles. The van der Waals surface area contributed by atoms with Crippen LogP contribution in [0.3, 0.4) is 0 Å². The van der Waals surface area contributed by atoms with Crippen molar-refractivity contribution in [1.82, 2.24) is 4.40 Å². The van der Waals surface area contributed by atoms with Crippen LogP contribution in [0.1, 0.15) is 0 Å². The predicted octanol–water partition coefficient (Wildman–Crippen LogP) is 7.06. The summed E-state index contributed by atoms with van der Waals surface area (Å²) >= 11 is 0. The van der Waals surface area contributed by atoms with Crippen molar-refractivity contribution in [2.75, 3.05) is 0 Å². The van der Waals surface area contributed by atoms with Crippen molar-refractivity contribution in [2.24, 2.45) is 0 Å². The molecule has 1 nitrogen and oxygen atoms in total. The highest BCUT2D eigenvalue weighted by Gasteiger charge is 2.28. The van der Waals surface area contributed by atoms with Crippen molar-refractivity contribution >= 4 is 38.1 Å². The molecular formula is C24H11F4N. The number of hydrogen-bond acceptors (Lipinski definition) is 0. The zero-order valence-corrected chi connectivity index (χ0v) is 14.8. The number of nitrogens with zero attached hydrogens (tertiary/aromatic N) is 1. The smallest absolute Gasteiger partial charge is 0.199 e. The van der Waals surface area contributed by atoms with Gasteiger partial charge in [0.1, 0.15) is 0 Å². The third-order valence-corrected chi connectivity index (χ3v) is 5.63. The van der Waals surface area contributed by atoms with E-state index < -0.39 is 23.3 Å². The number of fused-ring (bicyclic) bond motifs is 6. The maximum atomic E-state index is 14.8. The summed E-state index contributed by atoms with van der Waals surface area (Å²) in [7, 11) is 0. The molecule has 29 heavy (non-hydrogen) atoms. The van der Waals surface area contributed by atoms with Gasteiger partial charge in [-0.05, 0) is 23.3 Å². The lowest BCUT2D eigenvalue weighted by Gasteiger charge is -2.05. The zero-order valence-electron chi connectivity index (χ0n) is 14.8. The Labute approximate surface area is 161 Å². The fourth-order valence-corrected chi connectivity index (χ4v) is 4.39. The number of aromatic nitrogens is 1. The minimum atomic E-state index is -1.80. The second kappa shape index (κ2) is 5.47. The highest BCUT2D eigenvalue weighted by Crippen LogP contribution is 2.42. The predicted molar refractivity (Wildman–Crippen MR) is 106 cm³/mol. The molecule has 2 heterocycles. The molecule has 0 aliphatic heterocycles. The van der Waals surface area contributed by atoms with Crippen molar-refractivity contribution in [3.05, 3.63) is 90.0 Å². The van der Waals surface area contributed by atoms with Crippen molar-refractivity contribution in [3.8, 4) is 11.1 Å². The van der Waals surface area contributed by atoms with Gasteiger partial charge in [-0.3, -0.25) is 0 Å². The Kier molecular flexibility index (Phi) is 3.09. The van der Waals surface area contributed by atoms with E-state index in [9.17, 15) is 17.6 Å². The van der Waals surface area contributed by atoms with Crippen molar-refractivity contribution in [2.45, 2.75) is 0 Å². The first-order chi connectivity index (χ1) is 14.1. The molecule has 0 unspecified atom stereocenters. The summed E-state index contributed by atoms with van der Waals surface area (Å²) in [6.45, 7) is 0. The molecule has 0 N–H and O–H groups in total. The number of benzene rings is 4. The summed E-state index contributed by atoms with van der Waals surface area (Å²) in [4.78, 5) is 0. The normalized spacial score (nSPS) is 12.1. The summed E-state index contributed by atoms with van der Waals surface area (Å²) in [5.41, 5.74) is 2.87. The molecule has 140 valence electrons. The van der Waals surface area contributed by atoms with Crippen LogP contribution in [0.25, 0.3) is 49.2 Å². The molecule has 6 rings (SSSR count). The molecule has 0 fully saturated rings.